The van der Waals surface area contributed by atoms with E-state index in [2.05, 4.69) is 5.32 Å². The Labute approximate surface area is 110 Å². The van der Waals surface area contributed by atoms with Gasteiger partial charge in [-0.05, 0) is 25.0 Å². The summed E-state index contributed by atoms with van der Waals surface area (Å²) in [5.41, 5.74) is 0. The van der Waals surface area contributed by atoms with Gasteiger partial charge in [-0.3, -0.25) is 0 Å². The quantitative estimate of drug-likeness (QED) is 0.826. The first-order valence-corrected chi connectivity index (χ1v) is 7.40. The molecule has 1 aromatic heterocycles. The lowest BCUT2D eigenvalue weighted by atomic mass is 10.4. The fourth-order valence-corrected chi connectivity index (χ4v) is 2.64. The maximum atomic E-state index is 12.2. The van der Waals surface area contributed by atoms with Crippen LogP contribution in [0, 0.1) is 0 Å². The van der Waals surface area contributed by atoms with Crippen LogP contribution in [0.3, 0.4) is 0 Å². The molecular formula is C11H16F2N2O3S. The Morgan fingerprint density at radius 1 is 1.47 bits per heavy atom. The molecule has 0 aromatic carbocycles. The van der Waals surface area contributed by atoms with Crippen molar-refractivity contribution in [3.05, 3.63) is 17.9 Å². The molecule has 1 N–H and O–H groups in total. The van der Waals surface area contributed by atoms with Crippen molar-refractivity contribution in [3.8, 4) is 0 Å². The molecule has 8 heteroatoms. The normalized spacial score (nSPS) is 16.5. The molecule has 0 aliphatic heterocycles. The van der Waals surface area contributed by atoms with Crippen molar-refractivity contribution < 1.29 is 21.6 Å². The van der Waals surface area contributed by atoms with Crippen molar-refractivity contribution in [2.45, 2.75) is 36.9 Å². The molecule has 0 radical (unpaired) electrons. The summed E-state index contributed by atoms with van der Waals surface area (Å²) in [5, 5.41) is 2.87. The number of alkyl halides is 2. The second-order valence-electron chi connectivity index (χ2n) is 4.55. The first-order chi connectivity index (χ1) is 8.89. The number of halogens is 2. The lowest BCUT2D eigenvalue weighted by molar-refractivity contribution is 0.126. The fraction of sp³-hybridized carbons (Fsp3) is 0.636. The lowest BCUT2D eigenvalue weighted by Crippen LogP contribution is -2.31. The minimum absolute atomic E-state index is 0.303. The SMILES string of the molecule is CN(CC(F)F)S(=O)(=O)c1ccc(CNC2CC2)o1. The van der Waals surface area contributed by atoms with Gasteiger partial charge in [-0.15, -0.1) is 0 Å². The van der Waals surface area contributed by atoms with Gasteiger partial charge in [0.25, 0.3) is 16.4 Å². The van der Waals surface area contributed by atoms with E-state index in [4.69, 9.17) is 4.42 Å². The maximum absolute atomic E-state index is 12.2. The van der Waals surface area contributed by atoms with E-state index in [1.807, 2.05) is 0 Å². The van der Waals surface area contributed by atoms with Crippen LogP contribution in [0.5, 0.6) is 0 Å². The Hall–Kier alpha value is -0.990. The number of nitrogens with one attached hydrogen (secondary N) is 1. The van der Waals surface area contributed by atoms with Crippen molar-refractivity contribution >= 4 is 10.0 Å². The number of sulfonamides is 1. The first-order valence-electron chi connectivity index (χ1n) is 5.96. The Morgan fingerprint density at radius 3 is 2.74 bits per heavy atom. The summed E-state index contributed by atoms with van der Waals surface area (Å²) >= 11 is 0. The predicted molar refractivity (Wildman–Crippen MR) is 64.4 cm³/mol. The first kappa shape index (κ1) is 14.4. The van der Waals surface area contributed by atoms with Gasteiger partial charge in [0.05, 0.1) is 13.1 Å². The molecule has 5 nitrogen and oxygen atoms in total. The number of furan rings is 1. The van der Waals surface area contributed by atoms with Crippen LogP contribution in [0.4, 0.5) is 8.78 Å². The van der Waals surface area contributed by atoms with Crippen LogP contribution >= 0.6 is 0 Å². The van der Waals surface area contributed by atoms with Crippen molar-refractivity contribution in [3.63, 3.8) is 0 Å². The summed E-state index contributed by atoms with van der Waals surface area (Å²) in [6.45, 7) is -0.405. The molecule has 1 heterocycles. The Kier molecular flexibility index (Phi) is 4.22. The summed E-state index contributed by atoms with van der Waals surface area (Å²) in [7, 11) is -2.87. The van der Waals surface area contributed by atoms with Crippen molar-refractivity contribution in [2.24, 2.45) is 0 Å². The molecule has 1 aliphatic rings. The Morgan fingerprint density at radius 2 is 2.16 bits per heavy atom. The van der Waals surface area contributed by atoms with Gasteiger partial charge in [0, 0.05) is 13.1 Å². The molecule has 0 atom stereocenters. The molecule has 0 unspecified atom stereocenters. The van der Waals surface area contributed by atoms with Crippen LogP contribution in [0.25, 0.3) is 0 Å². The molecule has 1 fully saturated rings. The summed E-state index contributed by atoms with van der Waals surface area (Å²) in [5.74, 6) is 0.482. The second-order valence-corrected chi connectivity index (χ2v) is 6.53. The van der Waals surface area contributed by atoms with Gasteiger partial charge >= 0.3 is 0 Å². The molecule has 0 saturated heterocycles. The zero-order chi connectivity index (χ0) is 14.0. The third-order valence-corrected chi connectivity index (χ3v) is 4.54. The van der Waals surface area contributed by atoms with Gasteiger partial charge < -0.3 is 9.73 Å². The summed E-state index contributed by atoms with van der Waals surface area (Å²) in [6, 6.07) is 3.31. The van der Waals surface area contributed by atoms with Crippen LogP contribution in [0.15, 0.2) is 21.6 Å². The van der Waals surface area contributed by atoms with E-state index >= 15 is 0 Å². The zero-order valence-corrected chi connectivity index (χ0v) is 11.3. The van der Waals surface area contributed by atoms with Crippen molar-refractivity contribution in [2.75, 3.05) is 13.6 Å². The number of hydrogen-bond acceptors (Lipinski definition) is 4. The largest absolute Gasteiger partial charge is 0.447 e. The molecule has 0 bridgehead atoms. The molecule has 0 spiro atoms. The standard InChI is InChI=1S/C11H16F2N2O3S/c1-15(7-10(12)13)19(16,17)11-5-4-9(18-11)6-14-8-2-3-8/h4-5,8,10,14H,2-3,6-7H2,1H3. The minimum Gasteiger partial charge on any atom is -0.447 e. The van der Waals surface area contributed by atoms with Gasteiger partial charge in [-0.2, -0.15) is 4.31 Å². The number of hydrogen-bond donors (Lipinski definition) is 1. The average molecular weight is 294 g/mol. The maximum Gasteiger partial charge on any atom is 0.276 e. The van der Waals surface area contributed by atoms with E-state index in [0.29, 0.717) is 22.7 Å². The van der Waals surface area contributed by atoms with Gasteiger partial charge in [-0.1, -0.05) is 0 Å². The molecule has 2 rings (SSSR count). The van der Waals surface area contributed by atoms with E-state index in [1.165, 1.54) is 6.07 Å². The second kappa shape index (κ2) is 5.56. The highest BCUT2D eigenvalue weighted by Gasteiger charge is 2.27. The van der Waals surface area contributed by atoms with E-state index in [9.17, 15) is 17.2 Å². The smallest absolute Gasteiger partial charge is 0.276 e. The Bertz CT molecular complexity index is 526. The highest BCUT2D eigenvalue weighted by Crippen LogP contribution is 2.21. The van der Waals surface area contributed by atoms with E-state index in [1.54, 1.807) is 6.07 Å². The number of rotatable bonds is 7. The van der Waals surface area contributed by atoms with Crippen LogP contribution in [-0.2, 0) is 16.6 Å². The van der Waals surface area contributed by atoms with Crippen LogP contribution in [0.2, 0.25) is 0 Å². The molecule has 1 saturated carbocycles. The molecule has 0 amide bonds. The zero-order valence-electron chi connectivity index (χ0n) is 10.5. The summed E-state index contributed by atoms with van der Waals surface area (Å²) < 4.78 is 54.0. The van der Waals surface area contributed by atoms with Gasteiger partial charge in [0.1, 0.15) is 5.76 Å². The van der Waals surface area contributed by atoms with E-state index in [-0.39, 0.29) is 5.09 Å². The molecule has 108 valence electrons. The molecule has 1 aromatic rings. The third kappa shape index (κ3) is 3.74. The van der Waals surface area contributed by atoms with Gasteiger partial charge in [-0.25, -0.2) is 17.2 Å². The topological polar surface area (TPSA) is 62.6 Å². The van der Waals surface area contributed by atoms with Crippen LogP contribution in [0.1, 0.15) is 18.6 Å². The highest BCUT2D eigenvalue weighted by molar-refractivity contribution is 7.89. The third-order valence-electron chi connectivity index (χ3n) is 2.84. The number of nitrogens with zero attached hydrogens (tertiary/aromatic N) is 1. The van der Waals surface area contributed by atoms with Crippen molar-refractivity contribution in [1.82, 2.24) is 9.62 Å². The van der Waals surface area contributed by atoms with Crippen LogP contribution in [-0.4, -0.2) is 38.8 Å². The van der Waals surface area contributed by atoms with Gasteiger partial charge in [0.2, 0.25) is 5.09 Å². The van der Waals surface area contributed by atoms with Crippen molar-refractivity contribution in [1.29, 1.82) is 0 Å². The highest BCUT2D eigenvalue weighted by atomic mass is 32.2. The minimum atomic E-state index is -3.98. The fourth-order valence-electron chi connectivity index (χ4n) is 1.57. The van der Waals surface area contributed by atoms with Gasteiger partial charge in [0.15, 0.2) is 0 Å². The predicted octanol–water partition coefficient (Wildman–Crippen LogP) is 1.42. The van der Waals surface area contributed by atoms with E-state index < -0.39 is 23.0 Å². The van der Waals surface area contributed by atoms with Crippen LogP contribution < -0.4 is 5.32 Å². The molecule has 1 aliphatic carbocycles. The average Bonchev–Trinajstić information content (AvgIpc) is 3.02. The lowest BCUT2D eigenvalue weighted by Gasteiger charge is -2.14. The molecule has 19 heavy (non-hydrogen) atoms. The summed E-state index contributed by atoms with van der Waals surface area (Å²) in [4.78, 5) is 0. The molecular weight excluding hydrogens is 278 g/mol. The Balaban J connectivity index is 2.02. The monoisotopic (exact) mass is 294 g/mol. The summed E-state index contributed by atoms with van der Waals surface area (Å²) in [6.07, 6.45) is -0.489. The van der Waals surface area contributed by atoms with E-state index in [0.717, 1.165) is 19.9 Å².